The van der Waals surface area contributed by atoms with Gasteiger partial charge in [0.05, 0.1) is 5.60 Å². The van der Waals surface area contributed by atoms with Gasteiger partial charge in [0.1, 0.15) is 0 Å². The van der Waals surface area contributed by atoms with Crippen molar-refractivity contribution in [2.75, 3.05) is 32.7 Å². The van der Waals surface area contributed by atoms with Crippen molar-refractivity contribution < 1.29 is 5.11 Å². The predicted octanol–water partition coefficient (Wildman–Crippen LogP) is 5.89. The van der Waals surface area contributed by atoms with Crippen LogP contribution in [0.2, 0.25) is 0 Å². The van der Waals surface area contributed by atoms with Crippen LogP contribution in [0.15, 0.2) is 83.6 Å². The van der Waals surface area contributed by atoms with Gasteiger partial charge in [0.25, 0.3) is 0 Å². The molecule has 4 heteroatoms. The monoisotopic (exact) mass is 472 g/mol. The lowest BCUT2D eigenvalue weighted by Crippen LogP contribution is -2.46. The van der Waals surface area contributed by atoms with Crippen LogP contribution >= 0.6 is 11.3 Å². The van der Waals surface area contributed by atoms with Crippen LogP contribution in [-0.2, 0) is 6.54 Å². The summed E-state index contributed by atoms with van der Waals surface area (Å²) in [4.78, 5) is 5.24. The van der Waals surface area contributed by atoms with Gasteiger partial charge in [-0.05, 0) is 58.7 Å². The lowest BCUT2D eigenvalue weighted by Gasteiger charge is -2.39. The average Bonchev–Trinajstić information content (AvgIpc) is 3.52. The van der Waals surface area contributed by atoms with E-state index in [-0.39, 0.29) is 0 Å². The third kappa shape index (κ3) is 6.05. The Balaban J connectivity index is 1.16. The highest BCUT2D eigenvalue weighted by Crippen LogP contribution is 2.36. The van der Waals surface area contributed by atoms with Gasteiger partial charge in [-0.1, -0.05) is 72.8 Å². The van der Waals surface area contributed by atoms with Crippen LogP contribution in [0.25, 0.3) is 6.08 Å². The normalized spacial score (nSPS) is 23.6. The SMILES string of the molecule is OC1(C/C=C/c2ccccc2)CCN(CC2CN(Cc3ccccc3)CC2c2ccsc2)CC1. The van der Waals surface area contributed by atoms with E-state index < -0.39 is 5.60 Å². The molecule has 1 N–H and O–H groups in total. The highest BCUT2D eigenvalue weighted by Gasteiger charge is 2.37. The van der Waals surface area contributed by atoms with Crippen molar-refractivity contribution in [2.45, 2.75) is 37.3 Å². The second-order valence-electron chi connectivity index (χ2n) is 10.1. The first-order chi connectivity index (χ1) is 16.7. The number of hydrogen-bond donors (Lipinski definition) is 1. The van der Waals surface area contributed by atoms with Crippen LogP contribution in [0.3, 0.4) is 0 Å². The molecule has 0 radical (unpaired) electrons. The summed E-state index contributed by atoms with van der Waals surface area (Å²) in [7, 11) is 0. The Morgan fingerprint density at radius 1 is 0.912 bits per heavy atom. The minimum absolute atomic E-state index is 0.566. The van der Waals surface area contributed by atoms with Crippen LogP contribution < -0.4 is 0 Å². The maximum Gasteiger partial charge on any atom is 0.0706 e. The third-order valence-electron chi connectivity index (χ3n) is 7.62. The van der Waals surface area contributed by atoms with Crippen molar-refractivity contribution in [1.82, 2.24) is 9.80 Å². The number of nitrogens with zero attached hydrogens (tertiary/aromatic N) is 2. The molecule has 2 fully saturated rings. The minimum Gasteiger partial charge on any atom is -0.389 e. The van der Waals surface area contributed by atoms with Crippen LogP contribution in [0.4, 0.5) is 0 Å². The van der Waals surface area contributed by atoms with Crippen molar-refractivity contribution >= 4 is 17.4 Å². The van der Waals surface area contributed by atoms with Gasteiger partial charge >= 0.3 is 0 Å². The maximum atomic E-state index is 11.2. The molecule has 3 nitrogen and oxygen atoms in total. The number of hydrogen-bond acceptors (Lipinski definition) is 4. The summed E-state index contributed by atoms with van der Waals surface area (Å²) in [6.07, 6.45) is 6.73. The van der Waals surface area contributed by atoms with Crippen molar-refractivity contribution in [1.29, 1.82) is 0 Å². The first-order valence-corrected chi connectivity index (χ1v) is 13.6. The molecule has 3 aromatic rings. The molecule has 5 rings (SSSR count). The first-order valence-electron chi connectivity index (χ1n) is 12.6. The van der Waals surface area contributed by atoms with Gasteiger partial charge in [0.15, 0.2) is 0 Å². The molecule has 34 heavy (non-hydrogen) atoms. The highest BCUT2D eigenvalue weighted by atomic mass is 32.1. The van der Waals surface area contributed by atoms with Gasteiger partial charge in [0.2, 0.25) is 0 Å². The molecule has 2 aliphatic rings. The van der Waals surface area contributed by atoms with Gasteiger partial charge in [-0.25, -0.2) is 0 Å². The molecule has 2 atom stereocenters. The Hall–Kier alpha value is -2.24. The fourth-order valence-corrected chi connectivity index (χ4v) is 6.37. The Morgan fingerprint density at radius 2 is 1.65 bits per heavy atom. The summed E-state index contributed by atoms with van der Waals surface area (Å²) in [5, 5.41) is 15.7. The summed E-state index contributed by atoms with van der Waals surface area (Å²) in [5.41, 5.74) is 3.54. The van der Waals surface area contributed by atoms with Crippen molar-refractivity contribution in [3.8, 4) is 0 Å². The second-order valence-corrected chi connectivity index (χ2v) is 10.9. The molecule has 0 aliphatic carbocycles. The van der Waals surface area contributed by atoms with Gasteiger partial charge in [-0.15, -0.1) is 0 Å². The summed E-state index contributed by atoms with van der Waals surface area (Å²) < 4.78 is 0. The van der Waals surface area contributed by atoms with E-state index in [1.54, 1.807) is 0 Å². The van der Waals surface area contributed by atoms with Crippen molar-refractivity contribution in [2.24, 2.45) is 5.92 Å². The van der Waals surface area contributed by atoms with Crippen molar-refractivity contribution in [3.63, 3.8) is 0 Å². The maximum absolute atomic E-state index is 11.2. The Labute approximate surface area is 208 Å². The number of thiophene rings is 1. The standard InChI is InChI=1S/C30H36N2OS/c33-30(14-7-12-25-8-3-1-4-9-25)15-17-31(18-16-30)21-28-22-32(20-26-10-5-2-6-11-26)23-29(28)27-13-19-34-24-27/h1-13,19,24,28-29,33H,14-18,20-23H2/b12-7+. The quantitative estimate of drug-likeness (QED) is 0.443. The summed E-state index contributed by atoms with van der Waals surface area (Å²) in [6, 6.07) is 23.5. The average molecular weight is 473 g/mol. The number of aliphatic hydroxyl groups is 1. The zero-order chi connectivity index (χ0) is 23.2. The molecule has 0 spiro atoms. The molecule has 0 saturated carbocycles. The van der Waals surface area contributed by atoms with Gasteiger partial charge < -0.3 is 10.0 Å². The molecule has 2 aromatic carbocycles. The summed E-state index contributed by atoms with van der Waals surface area (Å²) >= 11 is 1.81. The number of piperidine rings is 1. The van der Waals surface area contributed by atoms with E-state index >= 15 is 0 Å². The number of rotatable bonds is 8. The zero-order valence-electron chi connectivity index (χ0n) is 19.9. The van der Waals surface area contributed by atoms with E-state index in [0.717, 1.165) is 58.5 Å². The first kappa shape index (κ1) is 23.5. The fraction of sp³-hybridized carbons (Fsp3) is 0.400. The Bertz CT molecular complexity index is 1030. The van der Waals surface area contributed by atoms with Crippen LogP contribution in [0.1, 0.15) is 41.9 Å². The summed E-state index contributed by atoms with van der Waals surface area (Å²) in [5.74, 6) is 1.24. The van der Waals surface area contributed by atoms with Gasteiger partial charge in [-0.2, -0.15) is 11.3 Å². The van der Waals surface area contributed by atoms with E-state index in [2.05, 4.69) is 93.4 Å². The molecule has 0 amide bonds. The molecular weight excluding hydrogens is 436 g/mol. The number of benzene rings is 2. The van der Waals surface area contributed by atoms with Gasteiger partial charge in [-0.3, -0.25) is 4.90 Å². The van der Waals surface area contributed by atoms with E-state index in [4.69, 9.17) is 0 Å². The molecule has 3 heterocycles. The lowest BCUT2D eigenvalue weighted by atomic mass is 9.86. The van der Waals surface area contributed by atoms with Crippen LogP contribution in [0, 0.1) is 5.92 Å². The molecule has 2 unspecified atom stereocenters. The topological polar surface area (TPSA) is 26.7 Å². The molecular formula is C30H36N2OS. The zero-order valence-corrected chi connectivity index (χ0v) is 20.7. The van der Waals surface area contributed by atoms with Crippen LogP contribution in [0.5, 0.6) is 0 Å². The highest BCUT2D eigenvalue weighted by molar-refractivity contribution is 7.08. The van der Waals surface area contributed by atoms with E-state index in [1.807, 2.05) is 17.4 Å². The molecule has 0 bridgehead atoms. The smallest absolute Gasteiger partial charge is 0.0706 e. The molecule has 2 saturated heterocycles. The van der Waals surface area contributed by atoms with E-state index in [1.165, 1.54) is 16.7 Å². The van der Waals surface area contributed by atoms with Crippen molar-refractivity contribution in [3.05, 3.63) is 100 Å². The third-order valence-corrected chi connectivity index (χ3v) is 8.33. The minimum atomic E-state index is -0.566. The van der Waals surface area contributed by atoms with Gasteiger partial charge in [0, 0.05) is 45.2 Å². The molecule has 2 aliphatic heterocycles. The number of likely N-dealkylation sites (tertiary alicyclic amines) is 2. The largest absolute Gasteiger partial charge is 0.389 e. The Morgan fingerprint density at radius 3 is 2.35 bits per heavy atom. The molecule has 178 valence electrons. The van der Waals surface area contributed by atoms with E-state index in [9.17, 15) is 5.11 Å². The second kappa shape index (κ2) is 11.0. The lowest BCUT2D eigenvalue weighted by molar-refractivity contribution is -0.0215. The van der Waals surface area contributed by atoms with E-state index in [0.29, 0.717) is 11.8 Å². The Kier molecular flexibility index (Phi) is 7.60. The fourth-order valence-electron chi connectivity index (χ4n) is 5.65. The summed E-state index contributed by atoms with van der Waals surface area (Å²) in [6.45, 7) is 6.42. The predicted molar refractivity (Wildman–Crippen MR) is 143 cm³/mol. The molecule has 1 aromatic heterocycles. The van der Waals surface area contributed by atoms with Crippen LogP contribution in [-0.4, -0.2) is 53.2 Å².